The second-order valence-corrected chi connectivity index (χ2v) is 5.27. The average Bonchev–Trinajstić information content (AvgIpc) is 2.67. The second kappa shape index (κ2) is 8.71. The van der Waals surface area contributed by atoms with Gasteiger partial charge in [-0.05, 0) is 43.3 Å². The van der Waals surface area contributed by atoms with Gasteiger partial charge in [-0.15, -0.1) is 0 Å². The zero-order chi connectivity index (χ0) is 20.0. The molecule has 0 aliphatic carbocycles. The van der Waals surface area contributed by atoms with E-state index in [0.717, 1.165) is 6.07 Å². The molecule has 0 radical (unpaired) electrons. The summed E-state index contributed by atoms with van der Waals surface area (Å²) < 4.78 is 49.5. The van der Waals surface area contributed by atoms with Crippen LogP contribution in [0.4, 0.5) is 18.9 Å². The second-order valence-electron chi connectivity index (χ2n) is 5.27. The molecule has 2 aromatic rings. The molecule has 0 saturated carbocycles. The fourth-order valence-electron chi connectivity index (χ4n) is 1.91. The predicted molar refractivity (Wildman–Crippen MR) is 87.2 cm³/mol. The summed E-state index contributed by atoms with van der Waals surface area (Å²) in [7, 11) is 0. The third kappa shape index (κ3) is 5.22. The highest BCUT2D eigenvalue weighted by atomic mass is 19.2. The summed E-state index contributed by atoms with van der Waals surface area (Å²) in [5, 5.41) is 10.7. The molecule has 0 saturated heterocycles. The van der Waals surface area contributed by atoms with Crippen molar-refractivity contribution in [2.45, 2.75) is 13.0 Å². The van der Waals surface area contributed by atoms with Crippen LogP contribution >= 0.6 is 0 Å². The number of rotatable bonds is 6. The number of nitrogens with zero attached hydrogens (tertiary/aromatic N) is 1. The van der Waals surface area contributed by atoms with Gasteiger partial charge in [0.1, 0.15) is 5.75 Å². The maximum atomic E-state index is 13.5. The fraction of sp³-hybridized carbons (Fsp3) is 0.167. The van der Waals surface area contributed by atoms with Crippen LogP contribution in [0.3, 0.4) is 0 Å². The summed E-state index contributed by atoms with van der Waals surface area (Å²) >= 11 is 0. The minimum absolute atomic E-state index is 0.312. The molecule has 0 aliphatic rings. The Morgan fingerprint density at radius 1 is 1.11 bits per heavy atom. The number of carbonyl (C=O) groups excluding carboxylic acids is 2. The molecule has 0 aliphatic heterocycles. The van der Waals surface area contributed by atoms with Crippen LogP contribution in [0.15, 0.2) is 36.4 Å². The first-order chi connectivity index (χ1) is 12.8. The quantitative estimate of drug-likeness (QED) is 0.617. The van der Waals surface area contributed by atoms with Crippen LogP contribution in [0, 0.1) is 28.8 Å². The molecule has 140 valence electrons. The minimum atomic E-state index is -1.73. The topological polar surface area (TPSA) is 88.4 Å². The Labute approximate surface area is 152 Å². The molecule has 0 heterocycles. The molecule has 2 aromatic carbocycles. The number of hydrogen-bond acceptors (Lipinski definition) is 5. The van der Waals surface area contributed by atoms with Gasteiger partial charge in [0.05, 0.1) is 17.3 Å². The summed E-state index contributed by atoms with van der Waals surface area (Å²) in [4.78, 5) is 23.6. The van der Waals surface area contributed by atoms with E-state index in [2.05, 4.69) is 0 Å². The van der Waals surface area contributed by atoms with Gasteiger partial charge < -0.3 is 14.8 Å². The number of halogens is 3. The van der Waals surface area contributed by atoms with Gasteiger partial charge in [0.15, 0.2) is 30.2 Å². The molecule has 0 aromatic heterocycles. The molecule has 6 nitrogen and oxygen atoms in total. The summed E-state index contributed by atoms with van der Waals surface area (Å²) in [5.41, 5.74) is -0.171. The molecule has 1 amide bonds. The minimum Gasteiger partial charge on any atom is -0.482 e. The maximum Gasteiger partial charge on any atom is 0.344 e. The van der Waals surface area contributed by atoms with Crippen molar-refractivity contribution in [3.63, 3.8) is 0 Å². The van der Waals surface area contributed by atoms with Crippen molar-refractivity contribution in [3.8, 4) is 11.8 Å². The van der Waals surface area contributed by atoms with Gasteiger partial charge in [-0.2, -0.15) is 5.26 Å². The van der Waals surface area contributed by atoms with Crippen LogP contribution in [-0.2, 0) is 14.3 Å². The Balaban J connectivity index is 1.87. The van der Waals surface area contributed by atoms with E-state index < -0.39 is 47.7 Å². The largest absolute Gasteiger partial charge is 0.482 e. The normalized spacial score (nSPS) is 11.2. The van der Waals surface area contributed by atoms with E-state index in [4.69, 9.17) is 14.7 Å². The molecule has 0 unspecified atom stereocenters. The fourth-order valence-corrected chi connectivity index (χ4v) is 1.91. The van der Waals surface area contributed by atoms with Crippen LogP contribution < -0.4 is 10.1 Å². The van der Waals surface area contributed by atoms with E-state index in [1.54, 1.807) is 0 Å². The maximum absolute atomic E-state index is 13.5. The van der Waals surface area contributed by atoms with E-state index in [9.17, 15) is 22.8 Å². The third-order valence-electron chi connectivity index (χ3n) is 3.31. The van der Waals surface area contributed by atoms with Crippen molar-refractivity contribution < 1.29 is 32.2 Å². The van der Waals surface area contributed by atoms with Crippen molar-refractivity contribution in [3.05, 3.63) is 59.4 Å². The first kappa shape index (κ1) is 19.8. The van der Waals surface area contributed by atoms with Crippen molar-refractivity contribution in [2.75, 3.05) is 11.9 Å². The summed E-state index contributed by atoms with van der Waals surface area (Å²) in [5.74, 6) is -6.20. The van der Waals surface area contributed by atoms with Gasteiger partial charge in [0, 0.05) is 0 Å². The number of nitriles is 1. The Morgan fingerprint density at radius 2 is 1.78 bits per heavy atom. The number of nitrogens with one attached hydrogen (secondary N) is 1. The lowest BCUT2D eigenvalue weighted by Crippen LogP contribution is -2.32. The first-order valence-electron chi connectivity index (χ1n) is 7.58. The zero-order valence-corrected chi connectivity index (χ0v) is 14.0. The van der Waals surface area contributed by atoms with Crippen molar-refractivity contribution in [1.82, 2.24) is 0 Å². The lowest BCUT2D eigenvalue weighted by Gasteiger charge is -2.14. The molecule has 9 heteroatoms. The van der Waals surface area contributed by atoms with Gasteiger partial charge in [0.2, 0.25) is 0 Å². The zero-order valence-electron chi connectivity index (χ0n) is 14.0. The van der Waals surface area contributed by atoms with Gasteiger partial charge >= 0.3 is 5.97 Å². The van der Waals surface area contributed by atoms with Crippen LogP contribution in [-0.4, -0.2) is 24.6 Å². The molecule has 1 N–H and O–H groups in total. The monoisotopic (exact) mass is 378 g/mol. The number of amides is 1. The van der Waals surface area contributed by atoms with E-state index in [1.165, 1.54) is 31.2 Å². The molecule has 1 atom stereocenters. The van der Waals surface area contributed by atoms with Crippen molar-refractivity contribution in [1.29, 1.82) is 5.26 Å². The van der Waals surface area contributed by atoms with Crippen LogP contribution in [0.1, 0.15) is 12.5 Å². The lowest BCUT2D eigenvalue weighted by molar-refractivity contribution is -0.155. The Kier molecular flexibility index (Phi) is 6.38. The lowest BCUT2D eigenvalue weighted by atomic mass is 10.2. The Bertz CT molecular complexity index is 895. The highest BCUT2D eigenvalue weighted by Crippen LogP contribution is 2.20. The first-order valence-corrected chi connectivity index (χ1v) is 7.58. The average molecular weight is 378 g/mol. The number of benzene rings is 2. The molecule has 2 rings (SSSR count). The van der Waals surface area contributed by atoms with Crippen LogP contribution in [0.5, 0.6) is 5.75 Å². The Hall–Kier alpha value is -3.54. The molecule has 0 spiro atoms. The highest BCUT2D eigenvalue weighted by molar-refractivity contribution is 5.95. The van der Waals surface area contributed by atoms with Gasteiger partial charge in [-0.25, -0.2) is 18.0 Å². The number of anilines is 1. The summed E-state index contributed by atoms with van der Waals surface area (Å²) in [6, 6.07) is 9.36. The SMILES string of the molecule is C[C@H](OC(=O)COc1ccc(C#N)cc1)C(=O)Nc1ccc(F)c(F)c1F. The number of esters is 1. The van der Waals surface area contributed by atoms with Crippen molar-refractivity contribution >= 4 is 17.6 Å². The van der Waals surface area contributed by atoms with E-state index in [-0.39, 0.29) is 0 Å². The van der Waals surface area contributed by atoms with Crippen LogP contribution in [0.2, 0.25) is 0 Å². The van der Waals surface area contributed by atoms with Crippen molar-refractivity contribution in [2.24, 2.45) is 0 Å². The van der Waals surface area contributed by atoms with Crippen LogP contribution in [0.25, 0.3) is 0 Å². The van der Waals surface area contributed by atoms with Gasteiger partial charge in [-0.3, -0.25) is 4.79 Å². The number of carbonyl (C=O) groups is 2. The Morgan fingerprint density at radius 3 is 2.41 bits per heavy atom. The molecule has 0 fully saturated rings. The predicted octanol–water partition coefficient (Wildman–Crippen LogP) is 2.92. The summed E-state index contributed by atoms with van der Waals surface area (Å²) in [6.45, 7) is 0.704. The molecular formula is C18H13F3N2O4. The number of ether oxygens (including phenoxy) is 2. The third-order valence-corrected chi connectivity index (χ3v) is 3.31. The summed E-state index contributed by atoms with van der Waals surface area (Å²) in [6.07, 6.45) is -1.34. The standard InChI is InChI=1S/C18H13F3N2O4/c1-10(18(25)23-14-7-6-13(19)16(20)17(14)21)27-15(24)9-26-12-4-2-11(8-22)3-5-12/h2-7,10H,9H2,1H3,(H,23,25)/t10-/m0/s1. The van der Waals surface area contributed by atoms with E-state index in [0.29, 0.717) is 17.4 Å². The molecule has 0 bridgehead atoms. The molecule has 27 heavy (non-hydrogen) atoms. The number of hydrogen-bond donors (Lipinski definition) is 1. The highest BCUT2D eigenvalue weighted by Gasteiger charge is 2.21. The smallest absolute Gasteiger partial charge is 0.344 e. The van der Waals surface area contributed by atoms with E-state index in [1.807, 2.05) is 11.4 Å². The van der Waals surface area contributed by atoms with E-state index >= 15 is 0 Å². The molecular weight excluding hydrogens is 365 g/mol. The van der Waals surface area contributed by atoms with Gasteiger partial charge in [0.25, 0.3) is 5.91 Å². The van der Waals surface area contributed by atoms with Gasteiger partial charge in [-0.1, -0.05) is 0 Å².